The first-order valence-corrected chi connectivity index (χ1v) is 5.42. The molecular formula is C12H16N2O. The van der Waals surface area contributed by atoms with Crippen LogP contribution in [0.1, 0.15) is 18.9 Å². The van der Waals surface area contributed by atoms with Crippen LogP contribution in [0.5, 0.6) is 0 Å². The summed E-state index contributed by atoms with van der Waals surface area (Å²) in [6.45, 7) is 3.05. The minimum atomic E-state index is 0.193. The summed E-state index contributed by atoms with van der Waals surface area (Å²) in [6.07, 6.45) is 4.99. The maximum absolute atomic E-state index is 12.0. The normalized spacial score (nSPS) is 25.4. The smallest absolute Gasteiger partial charge is 0.141 e. The SMILES string of the molecule is CC1NCCC1C(=O)Cc1ccncc1. The lowest BCUT2D eigenvalue weighted by molar-refractivity contribution is -0.122. The van der Waals surface area contributed by atoms with Gasteiger partial charge in [-0.05, 0) is 37.6 Å². The van der Waals surface area contributed by atoms with Crippen molar-refractivity contribution >= 4 is 5.78 Å². The minimum Gasteiger partial charge on any atom is -0.314 e. The molecule has 3 nitrogen and oxygen atoms in total. The molecule has 0 spiro atoms. The Bertz CT molecular complexity index is 337. The highest BCUT2D eigenvalue weighted by Gasteiger charge is 2.28. The molecule has 15 heavy (non-hydrogen) atoms. The van der Waals surface area contributed by atoms with Crippen LogP contribution in [0.3, 0.4) is 0 Å². The molecule has 80 valence electrons. The van der Waals surface area contributed by atoms with Gasteiger partial charge in [0.15, 0.2) is 0 Å². The van der Waals surface area contributed by atoms with Crippen LogP contribution in [-0.4, -0.2) is 23.4 Å². The molecule has 1 N–H and O–H groups in total. The van der Waals surface area contributed by atoms with Crippen LogP contribution in [0, 0.1) is 5.92 Å². The van der Waals surface area contributed by atoms with Crippen molar-refractivity contribution in [3.8, 4) is 0 Å². The zero-order valence-corrected chi connectivity index (χ0v) is 8.94. The number of hydrogen-bond acceptors (Lipinski definition) is 3. The number of nitrogens with zero attached hydrogens (tertiary/aromatic N) is 1. The van der Waals surface area contributed by atoms with Crippen molar-refractivity contribution in [3.05, 3.63) is 30.1 Å². The lowest BCUT2D eigenvalue weighted by Gasteiger charge is -2.13. The molecule has 0 aliphatic carbocycles. The number of ketones is 1. The van der Waals surface area contributed by atoms with Gasteiger partial charge >= 0.3 is 0 Å². The van der Waals surface area contributed by atoms with Crippen molar-refractivity contribution in [2.24, 2.45) is 5.92 Å². The zero-order valence-electron chi connectivity index (χ0n) is 8.94. The topological polar surface area (TPSA) is 42.0 Å². The maximum atomic E-state index is 12.0. The van der Waals surface area contributed by atoms with Crippen molar-refractivity contribution in [1.29, 1.82) is 0 Å². The quantitative estimate of drug-likeness (QED) is 0.804. The van der Waals surface area contributed by atoms with E-state index in [1.807, 2.05) is 12.1 Å². The molecule has 1 saturated heterocycles. The van der Waals surface area contributed by atoms with Crippen molar-refractivity contribution in [2.45, 2.75) is 25.8 Å². The van der Waals surface area contributed by atoms with Crippen LogP contribution in [0.4, 0.5) is 0 Å². The van der Waals surface area contributed by atoms with Gasteiger partial charge in [-0.1, -0.05) is 0 Å². The van der Waals surface area contributed by atoms with Gasteiger partial charge in [0.05, 0.1) is 0 Å². The van der Waals surface area contributed by atoms with Gasteiger partial charge in [-0.25, -0.2) is 0 Å². The molecule has 0 saturated carbocycles. The average molecular weight is 204 g/mol. The van der Waals surface area contributed by atoms with E-state index in [0.29, 0.717) is 18.2 Å². The Labute approximate surface area is 89.9 Å². The second-order valence-corrected chi connectivity index (χ2v) is 4.14. The number of carbonyl (C=O) groups excluding carboxylic acids is 1. The molecule has 3 heteroatoms. The van der Waals surface area contributed by atoms with E-state index < -0.39 is 0 Å². The highest BCUT2D eigenvalue weighted by atomic mass is 16.1. The summed E-state index contributed by atoms with van der Waals surface area (Å²) in [7, 11) is 0. The zero-order chi connectivity index (χ0) is 10.7. The summed E-state index contributed by atoms with van der Waals surface area (Å²) in [6, 6.07) is 4.15. The lowest BCUT2D eigenvalue weighted by Crippen LogP contribution is -2.29. The standard InChI is InChI=1S/C12H16N2O/c1-9-11(4-7-14-9)12(15)8-10-2-5-13-6-3-10/h2-3,5-6,9,11,14H,4,7-8H2,1H3. The molecule has 1 aromatic heterocycles. The predicted molar refractivity (Wildman–Crippen MR) is 58.5 cm³/mol. The summed E-state index contributed by atoms with van der Waals surface area (Å²) < 4.78 is 0. The van der Waals surface area contributed by atoms with Gasteiger partial charge in [0.1, 0.15) is 5.78 Å². The highest BCUT2D eigenvalue weighted by Crippen LogP contribution is 2.18. The van der Waals surface area contributed by atoms with Crippen LogP contribution < -0.4 is 5.32 Å². The molecular weight excluding hydrogens is 188 g/mol. The number of pyridine rings is 1. The first kappa shape index (κ1) is 10.3. The van der Waals surface area contributed by atoms with Gasteiger partial charge in [0, 0.05) is 30.8 Å². The average Bonchev–Trinajstić information content (AvgIpc) is 2.66. The molecule has 2 atom stereocenters. The van der Waals surface area contributed by atoms with Crippen molar-refractivity contribution in [2.75, 3.05) is 6.54 Å². The Morgan fingerprint density at radius 1 is 1.53 bits per heavy atom. The molecule has 0 radical (unpaired) electrons. The molecule has 0 aromatic carbocycles. The predicted octanol–water partition coefficient (Wildman–Crippen LogP) is 1.19. The van der Waals surface area contributed by atoms with E-state index in [9.17, 15) is 4.79 Å². The van der Waals surface area contributed by atoms with Gasteiger partial charge in [0.25, 0.3) is 0 Å². The fraction of sp³-hybridized carbons (Fsp3) is 0.500. The monoisotopic (exact) mass is 204 g/mol. The summed E-state index contributed by atoms with van der Waals surface area (Å²) in [4.78, 5) is 15.9. The van der Waals surface area contributed by atoms with E-state index >= 15 is 0 Å². The molecule has 1 aromatic rings. The third kappa shape index (κ3) is 2.42. The second-order valence-electron chi connectivity index (χ2n) is 4.14. The number of hydrogen-bond donors (Lipinski definition) is 1. The number of carbonyl (C=O) groups is 1. The first-order valence-electron chi connectivity index (χ1n) is 5.42. The van der Waals surface area contributed by atoms with Crippen molar-refractivity contribution in [3.63, 3.8) is 0 Å². The van der Waals surface area contributed by atoms with Crippen LogP contribution in [0.25, 0.3) is 0 Å². The third-order valence-corrected chi connectivity index (χ3v) is 3.07. The Hall–Kier alpha value is -1.22. The fourth-order valence-corrected chi connectivity index (χ4v) is 2.13. The molecule has 1 aliphatic rings. The summed E-state index contributed by atoms with van der Waals surface area (Å²) in [5.74, 6) is 0.539. The number of rotatable bonds is 3. The van der Waals surface area contributed by atoms with Gasteiger partial charge in [0.2, 0.25) is 0 Å². The van der Waals surface area contributed by atoms with E-state index in [1.54, 1.807) is 12.4 Å². The second kappa shape index (κ2) is 4.53. The van der Waals surface area contributed by atoms with Gasteiger partial charge < -0.3 is 5.32 Å². The van der Waals surface area contributed by atoms with Gasteiger partial charge in [-0.2, -0.15) is 0 Å². The molecule has 2 heterocycles. The third-order valence-electron chi connectivity index (χ3n) is 3.07. The first-order chi connectivity index (χ1) is 7.27. The Balaban J connectivity index is 1.98. The van der Waals surface area contributed by atoms with Crippen molar-refractivity contribution in [1.82, 2.24) is 10.3 Å². The molecule has 0 bridgehead atoms. The Kier molecular flexibility index (Phi) is 3.11. The minimum absolute atomic E-state index is 0.193. The van der Waals surface area contributed by atoms with Crippen LogP contribution in [0.15, 0.2) is 24.5 Å². The van der Waals surface area contributed by atoms with E-state index in [-0.39, 0.29) is 5.92 Å². The maximum Gasteiger partial charge on any atom is 0.141 e. The Morgan fingerprint density at radius 2 is 2.27 bits per heavy atom. The van der Waals surface area contributed by atoms with Crippen molar-refractivity contribution < 1.29 is 4.79 Å². The van der Waals surface area contributed by atoms with Crippen LogP contribution in [-0.2, 0) is 11.2 Å². The fourth-order valence-electron chi connectivity index (χ4n) is 2.13. The van der Waals surface area contributed by atoms with E-state index in [2.05, 4.69) is 17.2 Å². The number of nitrogens with one attached hydrogen (secondary N) is 1. The van der Waals surface area contributed by atoms with E-state index in [4.69, 9.17) is 0 Å². The summed E-state index contributed by atoms with van der Waals surface area (Å²) in [5.41, 5.74) is 1.06. The van der Waals surface area contributed by atoms with E-state index in [1.165, 1.54) is 0 Å². The molecule has 2 rings (SSSR count). The van der Waals surface area contributed by atoms with Crippen LogP contribution in [0.2, 0.25) is 0 Å². The number of aromatic nitrogens is 1. The Morgan fingerprint density at radius 3 is 2.87 bits per heavy atom. The largest absolute Gasteiger partial charge is 0.314 e. The molecule has 0 amide bonds. The molecule has 2 unspecified atom stereocenters. The van der Waals surface area contributed by atoms with E-state index in [0.717, 1.165) is 18.5 Å². The molecule has 1 fully saturated rings. The number of Topliss-reactive ketones (excluding diaryl/α,β-unsaturated/α-hetero) is 1. The van der Waals surface area contributed by atoms with Gasteiger partial charge in [-0.3, -0.25) is 9.78 Å². The lowest BCUT2D eigenvalue weighted by atomic mass is 9.93. The van der Waals surface area contributed by atoms with Gasteiger partial charge in [-0.15, -0.1) is 0 Å². The molecule has 1 aliphatic heterocycles. The highest BCUT2D eigenvalue weighted by molar-refractivity contribution is 5.84. The van der Waals surface area contributed by atoms with Crippen LogP contribution >= 0.6 is 0 Å². The summed E-state index contributed by atoms with van der Waals surface area (Å²) >= 11 is 0. The summed E-state index contributed by atoms with van der Waals surface area (Å²) in [5, 5.41) is 3.30.